The number of nitrogens with zero attached hydrogens (tertiary/aromatic N) is 4. The Labute approximate surface area is 238 Å². The highest BCUT2D eigenvalue weighted by Gasteiger charge is 2.37. The average molecular weight is 572 g/mol. The molecule has 1 fully saturated rings. The minimum absolute atomic E-state index is 0.000676. The number of hydrogen-bond acceptors (Lipinski definition) is 12. The van der Waals surface area contributed by atoms with E-state index in [4.69, 9.17) is 9.57 Å². The number of ether oxygens (including phenoxy) is 1. The van der Waals surface area contributed by atoms with Crippen LogP contribution < -0.4 is 16.0 Å². The number of hydrogen-bond donors (Lipinski definition) is 4. The minimum atomic E-state index is -1.20. The Kier molecular flexibility index (Phi) is 11.9. The molecule has 0 bridgehead atoms. The Hall–Kier alpha value is -4.14. The zero-order valence-corrected chi connectivity index (χ0v) is 23.5. The van der Waals surface area contributed by atoms with E-state index in [0.717, 1.165) is 6.54 Å². The summed E-state index contributed by atoms with van der Waals surface area (Å²) in [7, 11) is 3.87. The number of rotatable bonds is 14. The number of carboxylic acid groups (broad SMARTS) is 1. The van der Waals surface area contributed by atoms with Gasteiger partial charge in [0.05, 0.1) is 12.6 Å². The summed E-state index contributed by atoms with van der Waals surface area (Å²) < 4.78 is 4.83. The topological polar surface area (TPSA) is 175 Å². The number of Topliss-reactive ketones (excluding diaryl/α,β-unsaturated/α-hetero) is 1. The van der Waals surface area contributed by atoms with Gasteiger partial charge in [-0.1, -0.05) is 30.3 Å². The van der Waals surface area contributed by atoms with E-state index in [2.05, 4.69) is 25.9 Å². The number of piperazine rings is 1. The van der Waals surface area contributed by atoms with Gasteiger partial charge in [-0.2, -0.15) is 0 Å². The summed E-state index contributed by atoms with van der Waals surface area (Å²) in [5.41, 5.74) is 0.692. The van der Waals surface area contributed by atoms with Crippen LogP contribution in [0.1, 0.15) is 30.3 Å². The fraction of sp³-hybridized carbons (Fsp3) is 0.481. The van der Waals surface area contributed by atoms with E-state index in [1.165, 1.54) is 11.1 Å². The molecule has 1 amide bonds. The zero-order valence-electron chi connectivity index (χ0n) is 23.5. The largest absolute Gasteiger partial charge is 0.527 e. The molecule has 1 saturated heterocycles. The lowest BCUT2D eigenvalue weighted by molar-refractivity contribution is -0.171. The van der Waals surface area contributed by atoms with Gasteiger partial charge in [-0.15, -0.1) is 5.06 Å². The SMILES string of the molecule is CCOC(=O)ON1CCNCC1C(=O)[C@H](CCC(=O)O)NC(=O)c1cc(NCCN(C)C)nc(-c2ccccc2)n1. The lowest BCUT2D eigenvalue weighted by atomic mass is 9.99. The lowest BCUT2D eigenvalue weighted by Crippen LogP contribution is -2.59. The number of carbonyl (C=O) groups is 4. The number of carboxylic acids is 1. The molecule has 0 saturated carbocycles. The van der Waals surface area contributed by atoms with Crippen molar-refractivity contribution in [3.63, 3.8) is 0 Å². The van der Waals surface area contributed by atoms with E-state index in [-0.39, 0.29) is 38.2 Å². The van der Waals surface area contributed by atoms with E-state index in [9.17, 15) is 24.3 Å². The molecular formula is C27H37N7O7. The smallest absolute Gasteiger partial charge is 0.481 e. The Morgan fingerprint density at radius 1 is 1.20 bits per heavy atom. The summed E-state index contributed by atoms with van der Waals surface area (Å²) >= 11 is 0. The van der Waals surface area contributed by atoms with Crippen LogP contribution in [0.25, 0.3) is 11.4 Å². The molecule has 222 valence electrons. The number of anilines is 1. The molecule has 0 aliphatic carbocycles. The maximum atomic E-state index is 13.6. The zero-order chi connectivity index (χ0) is 29.8. The van der Waals surface area contributed by atoms with Crippen molar-refractivity contribution < 1.29 is 33.9 Å². The van der Waals surface area contributed by atoms with Crippen LogP contribution in [-0.4, -0.2) is 114 Å². The molecule has 14 nitrogen and oxygen atoms in total. The van der Waals surface area contributed by atoms with E-state index in [1.807, 2.05) is 49.3 Å². The molecule has 0 radical (unpaired) electrons. The number of aromatic nitrogens is 2. The van der Waals surface area contributed by atoms with Crippen LogP contribution in [0.4, 0.5) is 10.6 Å². The third-order valence-corrected chi connectivity index (χ3v) is 6.13. The van der Waals surface area contributed by atoms with Crippen molar-refractivity contribution in [2.45, 2.75) is 31.8 Å². The first-order chi connectivity index (χ1) is 19.7. The molecule has 2 atom stereocenters. The fourth-order valence-corrected chi connectivity index (χ4v) is 4.07. The molecule has 1 unspecified atom stereocenters. The minimum Gasteiger partial charge on any atom is -0.481 e. The van der Waals surface area contributed by atoms with Gasteiger partial charge < -0.3 is 35.5 Å². The number of carbonyl (C=O) groups excluding carboxylic acids is 3. The Morgan fingerprint density at radius 2 is 1.95 bits per heavy atom. The van der Waals surface area contributed by atoms with Crippen LogP contribution in [0.15, 0.2) is 36.4 Å². The van der Waals surface area contributed by atoms with Gasteiger partial charge in [-0.05, 0) is 27.4 Å². The van der Waals surface area contributed by atoms with Crippen molar-refractivity contribution in [1.82, 2.24) is 30.6 Å². The second kappa shape index (κ2) is 15.6. The molecule has 3 rings (SSSR count). The number of ketones is 1. The molecular weight excluding hydrogens is 534 g/mol. The average Bonchev–Trinajstić information content (AvgIpc) is 2.95. The number of amides is 1. The highest BCUT2D eigenvalue weighted by atomic mass is 16.8. The highest BCUT2D eigenvalue weighted by molar-refractivity contribution is 5.99. The molecule has 1 aromatic heterocycles. The summed E-state index contributed by atoms with van der Waals surface area (Å²) in [5.74, 6) is -1.59. The normalized spacial score (nSPS) is 16.0. The fourth-order valence-electron chi connectivity index (χ4n) is 4.07. The van der Waals surface area contributed by atoms with Crippen LogP contribution in [0, 0.1) is 0 Å². The van der Waals surface area contributed by atoms with E-state index < -0.39 is 35.9 Å². The van der Waals surface area contributed by atoms with Crippen molar-refractivity contribution in [3.05, 3.63) is 42.1 Å². The maximum Gasteiger partial charge on any atom is 0.527 e. The van der Waals surface area contributed by atoms with Crippen molar-refractivity contribution in [3.8, 4) is 11.4 Å². The first-order valence-corrected chi connectivity index (χ1v) is 13.4. The number of hydroxylamine groups is 2. The maximum absolute atomic E-state index is 13.6. The first kappa shape index (κ1) is 31.4. The van der Waals surface area contributed by atoms with Crippen LogP contribution >= 0.6 is 0 Å². The molecule has 1 aliphatic rings. The summed E-state index contributed by atoms with van der Waals surface area (Å²) in [6.45, 7) is 3.77. The Balaban J connectivity index is 1.86. The number of aliphatic carboxylic acids is 1. The molecule has 2 aromatic rings. The third-order valence-electron chi connectivity index (χ3n) is 6.13. The van der Waals surface area contributed by atoms with Gasteiger partial charge in [0.2, 0.25) is 0 Å². The molecule has 0 spiro atoms. The van der Waals surface area contributed by atoms with Gasteiger partial charge in [-0.3, -0.25) is 14.4 Å². The quantitative estimate of drug-likeness (QED) is 0.237. The van der Waals surface area contributed by atoms with Crippen molar-refractivity contribution in [2.24, 2.45) is 0 Å². The lowest BCUT2D eigenvalue weighted by Gasteiger charge is -2.34. The van der Waals surface area contributed by atoms with Crippen LogP contribution in [0.5, 0.6) is 0 Å². The predicted molar refractivity (Wildman–Crippen MR) is 149 cm³/mol. The molecule has 1 aliphatic heterocycles. The summed E-state index contributed by atoms with van der Waals surface area (Å²) in [6, 6.07) is 8.44. The van der Waals surface area contributed by atoms with Gasteiger partial charge in [0.15, 0.2) is 11.6 Å². The Bertz CT molecular complexity index is 1200. The summed E-state index contributed by atoms with van der Waals surface area (Å²) in [5, 5.41) is 19.4. The second-order valence-corrected chi connectivity index (χ2v) is 9.55. The highest BCUT2D eigenvalue weighted by Crippen LogP contribution is 2.19. The van der Waals surface area contributed by atoms with Gasteiger partial charge >= 0.3 is 12.1 Å². The summed E-state index contributed by atoms with van der Waals surface area (Å²) in [6.07, 6.45) is -1.50. The molecule has 2 heterocycles. The van der Waals surface area contributed by atoms with Gasteiger partial charge in [-0.25, -0.2) is 14.8 Å². The Morgan fingerprint density at radius 3 is 2.63 bits per heavy atom. The molecule has 1 aromatic carbocycles. The van der Waals surface area contributed by atoms with Crippen LogP contribution in [0.2, 0.25) is 0 Å². The summed E-state index contributed by atoms with van der Waals surface area (Å²) in [4.78, 5) is 66.6. The van der Waals surface area contributed by atoms with Gasteiger partial charge in [0.25, 0.3) is 5.91 Å². The van der Waals surface area contributed by atoms with Crippen molar-refractivity contribution in [1.29, 1.82) is 0 Å². The van der Waals surface area contributed by atoms with Crippen molar-refractivity contribution >= 4 is 29.6 Å². The van der Waals surface area contributed by atoms with Gasteiger partial charge in [0.1, 0.15) is 17.6 Å². The predicted octanol–water partition coefficient (Wildman–Crippen LogP) is 1.01. The third kappa shape index (κ3) is 9.77. The van der Waals surface area contributed by atoms with E-state index in [0.29, 0.717) is 30.3 Å². The first-order valence-electron chi connectivity index (χ1n) is 13.4. The second-order valence-electron chi connectivity index (χ2n) is 9.55. The van der Waals surface area contributed by atoms with E-state index in [1.54, 1.807) is 6.92 Å². The number of likely N-dealkylation sites (N-methyl/N-ethyl adjacent to an activating group) is 1. The van der Waals surface area contributed by atoms with Crippen LogP contribution in [-0.2, 0) is 19.2 Å². The number of nitrogens with one attached hydrogen (secondary N) is 3. The molecule has 41 heavy (non-hydrogen) atoms. The van der Waals surface area contributed by atoms with Crippen LogP contribution in [0.3, 0.4) is 0 Å². The van der Waals surface area contributed by atoms with Gasteiger partial charge in [0, 0.05) is 50.8 Å². The van der Waals surface area contributed by atoms with Crippen molar-refractivity contribution in [2.75, 3.05) is 58.7 Å². The standard InChI is InChI=1S/C27H37N7O7/c1-4-40-27(39)41-34-15-12-28-17-21(34)24(37)19(10-11-23(35)36)31-26(38)20-16-22(29-13-14-33(2)3)32-25(30-20)18-8-6-5-7-9-18/h5-9,16,19,21,28H,4,10-15,17H2,1-3H3,(H,31,38)(H,35,36)(H,29,30,32)/t19-,21?/m0/s1. The monoisotopic (exact) mass is 571 g/mol. The number of benzene rings is 1. The van der Waals surface area contributed by atoms with E-state index >= 15 is 0 Å². The molecule has 4 N–H and O–H groups in total. The molecule has 14 heteroatoms.